The summed E-state index contributed by atoms with van der Waals surface area (Å²) >= 11 is 6.54. The van der Waals surface area contributed by atoms with Gasteiger partial charge in [-0.15, -0.1) is 0 Å². The van der Waals surface area contributed by atoms with E-state index in [4.69, 9.17) is 21.7 Å². The van der Waals surface area contributed by atoms with E-state index in [1.807, 2.05) is 4.52 Å². The molecule has 4 rings (SSSR count). The van der Waals surface area contributed by atoms with Crippen LogP contribution < -0.4 is 0 Å². The highest BCUT2D eigenvalue weighted by Crippen LogP contribution is 2.35. The second kappa shape index (κ2) is 4.48. The van der Waals surface area contributed by atoms with Crippen molar-refractivity contribution >= 4 is 17.2 Å². The number of rotatable bonds is 1. The van der Waals surface area contributed by atoms with Crippen LogP contribution in [0, 0.1) is 0 Å². The van der Waals surface area contributed by atoms with E-state index in [1.54, 1.807) is 0 Å². The summed E-state index contributed by atoms with van der Waals surface area (Å²) < 4.78 is 1.86. The van der Waals surface area contributed by atoms with Crippen LogP contribution in [-0.2, 0) is 12.8 Å². The summed E-state index contributed by atoms with van der Waals surface area (Å²) in [4.78, 5) is 4.78. The lowest BCUT2D eigenvalue weighted by Crippen LogP contribution is -2.09. The van der Waals surface area contributed by atoms with Gasteiger partial charge in [-0.25, -0.2) is 9.50 Å². The van der Waals surface area contributed by atoms with Crippen molar-refractivity contribution in [1.29, 1.82) is 0 Å². The Morgan fingerprint density at radius 3 is 2.74 bits per heavy atom. The average molecular weight is 276 g/mol. The first-order valence-electron chi connectivity index (χ1n) is 7.40. The Hall–Kier alpha value is -1.09. The highest BCUT2D eigenvalue weighted by Gasteiger charge is 2.23. The topological polar surface area (TPSA) is 30.2 Å². The summed E-state index contributed by atoms with van der Waals surface area (Å²) in [5.41, 5.74) is 4.55. The Bertz CT molecular complexity index is 626. The summed E-state index contributed by atoms with van der Waals surface area (Å²) in [5.74, 6) is 0.620. The predicted molar refractivity (Wildman–Crippen MR) is 75.8 cm³/mol. The Morgan fingerprint density at radius 1 is 1.11 bits per heavy atom. The van der Waals surface area contributed by atoms with Crippen LogP contribution in [0.4, 0.5) is 0 Å². The summed E-state index contributed by atoms with van der Waals surface area (Å²) in [5, 5.41) is 5.52. The SMILES string of the molecule is Clc1c2c(nc3cc(C4CCCC4)nn13)CCCC2. The van der Waals surface area contributed by atoms with Gasteiger partial charge < -0.3 is 0 Å². The molecule has 0 amide bonds. The van der Waals surface area contributed by atoms with Crippen molar-refractivity contribution in [3.05, 3.63) is 28.2 Å². The van der Waals surface area contributed by atoms with Crippen LogP contribution in [0.15, 0.2) is 6.07 Å². The fourth-order valence-electron chi connectivity index (χ4n) is 3.54. The van der Waals surface area contributed by atoms with Gasteiger partial charge in [0.05, 0.1) is 5.69 Å². The van der Waals surface area contributed by atoms with E-state index >= 15 is 0 Å². The van der Waals surface area contributed by atoms with Gasteiger partial charge in [-0.05, 0) is 38.5 Å². The Labute approximate surface area is 118 Å². The highest BCUT2D eigenvalue weighted by molar-refractivity contribution is 6.30. The maximum Gasteiger partial charge on any atom is 0.157 e. The molecular weight excluding hydrogens is 258 g/mol. The number of fused-ring (bicyclic) bond motifs is 2. The third-order valence-corrected chi connectivity index (χ3v) is 4.99. The van der Waals surface area contributed by atoms with Gasteiger partial charge in [0, 0.05) is 23.2 Å². The summed E-state index contributed by atoms with van der Waals surface area (Å²) in [6.45, 7) is 0. The van der Waals surface area contributed by atoms with Crippen LogP contribution >= 0.6 is 11.6 Å². The Kier molecular flexibility index (Phi) is 2.76. The van der Waals surface area contributed by atoms with E-state index in [9.17, 15) is 0 Å². The molecule has 2 aliphatic rings. The van der Waals surface area contributed by atoms with Crippen molar-refractivity contribution in [3.8, 4) is 0 Å². The highest BCUT2D eigenvalue weighted by atomic mass is 35.5. The fourth-order valence-corrected chi connectivity index (χ4v) is 3.86. The molecule has 0 unspecified atom stereocenters. The molecule has 1 saturated carbocycles. The number of nitrogens with zero attached hydrogens (tertiary/aromatic N) is 3. The van der Waals surface area contributed by atoms with Crippen molar-refractivity contribution in [3.63, 3.8) is 0 Å². The summed E-state index contributed by atoms with van der Waals surface area (Å²) in [6.07, 6.45) is 9.76. The molecule has 2 aliphatic carbocycles. The Balaban J connectivity index is 1.86. The minimum atomic E-state index is 0.620. The Morgan fingerprint density at radius 2 is 1.89 bits per heavy atom. The van der Waals surface area contributed by atoms with Gasteiger partial charge in [0.25, 0.3) is 0 Å². The zero-order chi connectivity index (χ0) is 12.8. The van der Waals surface area contributed by atoms with Crippen molar-refractivity contribution in [2.45, 2.75) is 57.3 Å². The lowest BCUT2D eigenvalue weighted by atomic mass is 9.97. The zero-order valence-electron chi connectivity index (χ0n) is 11.0. The molecule has 100 valence electrons. The van der Waals surface area contributed by atoms with Crippen molar-refractivity contribution in [1.82, 2.24) is 14.6 Å². The van der Waals surface area contributed by atoms with E-state index in [0.29, 0.717) is 5.92 Å². The van der Waals surface area contributed by atoms with Gasteiger partial charge in [-0.2, -0.15) is 5.10 Å². The van der Waals surface area contributed by atoms with Gasteiger partial charge >= 0.3 is 0 Å². The molecular formula is C15H18ClN3. The summed E-state index contributed by atoms with van der Waals surface area (Å²) in [7, 11) is 0. The monoisotopic (exact) mass is 275 g/mol. The first-order chi connectivity index (χ1) is 9.33. The third kappa shape index (κ3) is 1.86. The van der Waals surface area contributed by atoms with Crippen LogP contribution in [0.25, 0.3) is 5.65 Å². The minimum Gasteiger partial charge on any atom is -0.233 e. The van der Waals surface area contributed by atoms with Gasteiger partial charge in [0.2, 0.25) is 0 Å². The van der Waals surface area contributed by atoms with Gasteiger partial charge in [-0.1, -0.05) is 24.4 Å². The number of aryl methyl sites for hydroxylation is 1. The molecule has 0 atom stereocenters. The standard InChI is InChI=1S/C15H18ClN3/c16-15-11-7-3-4-8-12(11)17-14-9-13(18-19(14)15)10-5-1-2-6-10/h9-10H,1-8H2. The van der Waals surface area contributed by atoms with Crippen LogP contribution in [0.2, 0.25) is 5.15 Å². The fraction of sp³-hybridized carbons (Fsp3) is 0.600. The van der Waals surface area contributed by atoms with Crippen molar-refractivity contribution in [2.75, 3.05) is 0 Å². The number of hydrogen-bond acceptors (Lipinski definition) is 2. The van der Waals surface area contributed by atoms with Crippen LogP contribution in [0.3, 0.4) is 0 Å². The molecule has 4 heteroatoms. The van der Waals surface area contributed by atoms with E-state index < -0.39 is 0 Å². The summed E-state index contributed by atoms with van der Waals surface area (Å²) in [6, 6.07) is 2.15. The molecule has 0 aromatic carbocycles. The maximum absolute atomic E-state index is 6.54. The second-order valence-electron chi connectivity index (χ2n) is 5.86. The largest absolute Gasteiger partial charge is 0.233 e. The van der Waals surface area contributed by atoms with Gasteiger partial charge in [-0.3, -0.25) is 0 Å². The van der Waals surface area contributed by atoms with E-state index in [1.165, 1.54) is 55.5 Å². The van der Waals surface area contributed by atoms with Gasteiger partial charge in [0.15, 0.2) is 5.65 Å². The van der Waals surface area contributed by atoms with Crippen LogP contribution in [0.5, 0.6) is 0 Å². The van der Waals surface area contributed by atoms with E-state index in [-0.39, 0.29) is 0 Å². The maximum atomic E-state index is 6.54. The average Bonchev–Trinajstić information content (AvgIpc) is 3.07. The van der Waals surface area contributed by atoms with E-state index in [2.05, 4.69) is 6.07 Å². The van der Waals surface area contributed by atoms with Gasteiger partial charge in [0.1, 0.15) is 5.15 Å². The predicted octanol–water partition coefficient (Wildman–Crippen LogP) is 3.92. The molecule has 0 saturated heterocycles. The first kappa shape index (κ1) is 11.7. The lowest BCUT2D eigenvalue weighted by molar-refractivity contribution is 0.654. The smallest absolute Gasteiger partial charge is 0.157 e. The number of hydrogen-bond donors (Lipinski definition) is 0. The quantitative estimate of drug-likeness (QED) is 0.739. The molecule has 2 aromatic heterocycles. The zero-order valence-corrected chi connectivity index (χ0v) is 11.8. The van der Waals surface area contributed by atoms with Crippen molar-refractivity contribution in [2.24, 2.45) is 0 Å². The van der Waals surface area contributed by atoms with E-state index in [0.717, 1.165) is 23.6 Å². The number of aromatic nitrogens is 3. The van der Waals surface area contributed by atoms with Crippen LogP contribution in [0.1, 0.15) is 61.4 Å². The molecule has 1 fully saturated rings. The first-order valence-corrected chi connectivity index (χ1v) is 7.77. The molecule has 2 heterocycles. The lowest BCUT2D eigenvalue weighted by Gasteiger charge is -2.16. The second-order valence-corrected chi connectivity index (χ2v) is 6.21. The molecule has 0 spiro atoms. The third-order valence-electron chi connectivity index (χ3n) is 4.61. The molecule has 0 N–H and O–H groups in total. The molecule has 2 aromatic rings. The molecule has 19 heavy (non-hydrogen) atoms. The van der Waals surface area contributed by atoms with Crippen LogP contribution in [-0.4, -0.2) is 14.6 Å². The normalized spacial score (nSPS) is 20.1. The molecule has 3 nitrogen and oxygen atoms in total. The van der Waals surface area contributed by atoms with Crippen molar-refractivity contribution < 1.29 is 0 Å². The molecule has 0 radical (unpaired) electrons. The minimum absolute atomic E-state index is 0.620. The number of halogens is 1. The molecule has 0 aliphatic heterocycles. The molecule has 0 bridgehead atoms.